The molecule has 0 radical (unpaired) electrons. The third-order valence-electron chi connectivity index (χ3n) is 7.80. The highest BCUT2D eigenvalue weighted by molar-refractivity contribution is 8.04. The topological polar surface area (TPSA) is 100 Å². The lowest BCUT2D eigenvalue weighted by molar-refractivity contribution is -0.667. The van der Waals surface area contributed by atoms with Gasteiger partial charge in [-0.15, -0.1) is 4.33 Å². The third-order valence-corrected chi connectivity index (χ3v) is 11.7. The van der Waals surface area contributed by atoms with Crippen molar-refractivity contribution in [1.29, 1.82) is 0 Å². The Morgan fingerprint density at radius 3 is 2.44 bits per heavy atom. The van der Waals surface area contributed by atoms with Crippen LogP contribution >= 0.6 is 35.1 Å². The van der Waals surface area contributed by atoms with Gasteiger partial charge >= 0.3 is 0 Å². The van der Waals surface area contributed by atoms with Gasteiger partial charge in [-0.1, -0.05) is 96.6 Å². The molecule has 2 N–H and O–H groups in total. The second-order valence-electron chi connectivity index (χ2n) is 10.6. The third kappa shape index (κ3) is 6.79. The SMILES string of the molecule is CCC(=Cc1sc2ccc3ccccc3c2[n+]1CCCS(=O)(=O)O)C=C1Sc2ccc3ccccc3c2N1C(CC)SOOO. The fourth-order valence-electron chi connectivity index (χ4n) is 5.75. The number of hydrogen-bond donors (Lipinski definition) is 2. The smallest absolute Gasteiger partial charge is 0.265 e. The van der Waals surface area contributed by atoms with Crippen LogP contribution in [-0.2, 0) is 26.0 Å². The van der Waals surface area contributed by atoms with Crippen LogP contribution in [0.5, 0.6) is 0 Å². The van der Waals surface area contributed by atoms with Gasteiger partial charge in [0.1, 0.15) is 10.1 Å². The van der Waals surface area contributed by atoms with Gasteiger partial charge in [0.25, 0.3) is 15.1 Å². The molecule has 1 aliphatic heterocycles. The van der Waals surface area contributed by atoms with Gasteiger partial charge in [-0.2, -0.15) is 13.0 Å². The molecule has 45 heavy (non-hydrogen) atoms. The van der Waals surface area contributed by atoms with Gasteiger partial charge in [0.05, 0.1) is 33.9 Å². The first kappa shape index (κ1) is 32.0. The number of anilines is 1. The largest absolute Gasteiger partial charge is 0.319 e. The number of rotatable bonds is 12. The van der Waals surface area contributed by atoms with Gasteiger partial charge in [0.2, 0.25) is 5.52 Å². The van der Waals surface area contributed by atoms with Gasteiger partial charge in [0, 0.05) is 22.8 Å². The van der Waals surface area contributed by atoms with Crippen molar-refractivity contribution in [3.8, 4) is 0 Å². The number of fused-ring (bicyclic) bond motifs is 6. The molecule has 0 amide bonds. The first-order chi connectivity index (χ1) is 21.8. The quantitative estimate of drug-likeness (QED) is 0.0440. The van der Waals surface area contributed by atoms with Crippen molar-refractivity contribution in [2.75, 3.05) is 10.7 Å². The number of hydrogen-bond acceptors (Lipinski definition) is 9. The maximum absolute atomic E-state index is 11.6. The van der Waals surface area contributed by atoms with Gasteiger partial charge < -0.3 is 4.90 Å². The minimum absolute atomic E-state index is 0.179. The molecular weight excluding hydrogens is 649 g/mol. The Morgan fingerprint density at radius 2 is 1.73 bits per heavy atom. The van der Waals surface area contributed by atoms with E-state index in [1.54, 1.807) is 23.1 Å². The van der Waals surface area contributed by atoms with Gasteiger partial charge in [-0.05, 0) is 53.5 Å². The standard InChI is InChI=1S/C33H32N2O6S4/c1-3-22(20-30-34(18-9-19-45(37,38)39)32-25-12-7-5-10-23(25)14-16-27(32)42-30)21-31-35(29(4-2)44-41-40-36)33-26-13-8-6-11-24(26)15-17-28(33)43-31/h5-8,10-17,20-21,29H,3-4,9,18-19H2,1-2H3,(H-,36,37,38,39)/p+1. The zero-order valence-corrected chi connectivity index (χ0v) is 28.0. The van der Waals surface area contributed by atoms with Crippen LogP contribution in [0.25, 0.3) is 37.8 Å². The summed E-state index contributed by atoms with van der Waals surface area (Å²) in [6.45, 7) is 4.63. The normalized spacial score (nSPS) is 15.5. The van der Waals surface area contributed by atoms with Crippen molar-refractivity contribution >= 4 is 88.8 Å². The molecule has 8 nitrogen and oxygen atoms in total. The average molecular weight is 682 g/mol. The van der Waals surface area contributed by atoms with Crippen molar-refractivity contribution in [3.63, 3.8) is 0 Å². The van der Waals surface area contributed by atoms with Crippen LogP contribution in [-0.4, -0.2) is 29.4 Å². The van der Waals surface area contributed by atoms with E-state index in [4.69, 9.17) is 9.59 Å². The van der Waals surface area contributed by atoms with Crippen molar-refractivity contribution in [2.45, 2.75) is 49.9 Å². The predicted molar refractivity (Wildman–Crippen MR) is 186 cm³/mol. The van der Waals surface area contributed by atoms with Crippen LogP contribution in [0, 0.1) is 0 Å². The van der Waals surface area contributed by atoms with E-state index in [-0.39, 0.29) is 17.5 Å². The molecule has 6 rings (SSSR count). The summed E-state index contributed by atoms with van der Waals surface area (Å²) in [5.41, 5.74) is 3.25. The van der Waals surface area contributed by atoms with Crippen molar-refractivity contribution in [3.05, 3.63) is 94.5 Å². The summed E-state index contributed by atoms with van der Waals surface area (Å²) in [5, 5.41) is 19.3. The molecule has 12 heteroatoms. The Morgan fingerprint density at radius 1 is 1.02 bits per heavy atom. The van der Waals surface area contributed by atoms with E-state index in [1.165, 1.54) is 0 Å². The monoisotopic (exact) mass is 681 g/mol. The number of benzene rings is 4. The highest BCUT2D eigenvalue weighted by atomic mass is 32.2. The molecule has 0 spiro atoms. The molecule has 2 heterocycles. The van der Waals surface area contributed by atoms with Gasteiger partial charge in [-0.3, -0.25) is 4.55 Å². The summed E-state index contributed by atoms with van der Waals surface area (Å²) < 4.78 is 40.8. The molecular formula is C33H33N2O6S4+. The Kier molecular flexibility index (Phi) is 9.83. The maximum Gasteiger partial charge on any atom is 0.265 e. The van der Waals surface area contributed by atoms with E-state index in [2.05, 4.69) is 89.0 Å². The molecule has 0 aliphatic carbocycles. The Bertz CT molecular complexity index is 2040. The summed E-state index contributed by atoms with van der Waals surface area (Å²) in [6, 6.07) is 25.0. The Hall–Kier alpha value is -2.94. The molecule has 1 aromatic heterocycles. The molecule has 4 aromatic carbocycles. The molecule has 0 fully saturated rings. The molecule has 0 saturated carbocycles. The van der Waals surface area contributed by atoms with E-state index in [0.29, 0.717) is 6.54 Å². The van der Waals surface area contributed by atoms with E-state index >= 15 is 0 Å². The fourth-order valence-corrected chi connectivity index (χ4v) is 9.25. The maximum atomic E-state index is 11.6. The minimum atomic E-state index is -4.07. The van der Waals surface area contributed by atoms with Crippen LogP contribution in [0.1, 0.15) is 38.1 Å². The summed E-state index contributed by atoms with van der Waals surface area (Å²) in [5.74, 6) is -0.302. The zero-order chi connectivity index (χ0) is 31.6. The number of nitrogens with zero attached hydrogens (tertiary/aromatic N) is 2. The van der Waals surface area contributed by atoms with Gasteiger partial charge in [-0.25, -0.2) is 5.26 Å². The van der Waals surface area contributed by atoms with E-state index in [9.17, 15) is 13.0 Å². The molecule has 5 aromatic rings. The first-order valence-electron chi connectivity index (χ1n) is 14.6. The summed E-state index contributed by atoms with van der Waals surface area (Å²) in [4.78, 5) is 3.39. The molecule has 234 valence electrons. The van der Waals surface area contributed by atoms with Crippen LogP contribution in [0.15, 0.2) is 94.4 Å². The number of thioether (sulfide) groups is 1. The second-order valence-corrected chi connectivity index (χ2v) is 15.2. The molecule has 1 unspecified atom stereocenters. The average Bonchev–Trinajstić information content (AvgIpc) is 3.58. The van der Waals surface area contributed by atoms with E-state index < -0.39 is 10.1 Å². The van der Waals surface area contributed by atoms with Crippen LogP contribution in [0.3, 0.4) is 0 Å². The van der Waals surface area contributed by atoms with E-state index in [0.717, 1.165) is 82.8 Å². The first-order valence-corrected chi connectivity index (χ1v) is 18.7. The number of aryl methyl sites for hydroxylation is 1. The van der Waals surface area contributed by atoms with Crippen molar-refractivity contribution in [2.24, 2.45) is 0 Å². The van der Waals surface area contributed by atoms with E-state index in [1.807, 2.05) is 24.3 Å². The van der Waals surface area contributed by atoms with Crippen LogP contribution in [0.2, 0.25) is 0 Å². The molecule has 0 bridgehead atoms. The Labute approximate surface area is 274 Å². The molecule has 1 atom stereocenters. The van der Waals surface area contributed by atoms with Crippen LogP contribution < -0.4 is 9.47 Å². The van der Waals surface area contributed by atoms with Crippen molar-refractivity contribution in [1.82, 2.24) is 0 Å². The fraction of sp³-hybridized carbons (Fsp3) is 0.242. The summed E-state index contributed by atoms with van der Waals surface area (Å²) in [6.07, 6.45) is 6.15. The van der Waals surface area contributed by atoms with Crippen LogP contribution in [0.4, 0.5) is 5.69 Å². The Balaban J connectivity index is 1.47. The highest BCUT2D eigenvalue weighted by Gasteiger charge is 2.33. The minimum Gasteiger partial charge on any atom is -0.319 e. The number of thiazole rings is 1. The van der Waals surface area contributed by atoms with Crippen molar-refractivity contribution < 1.29 is 32.2 Å². The van der Waals surface area contributed by atoms with Gasteiger partial charge in [0.15, 0.2) is 6.54 Å². The predicted octanol–water partition coefficient (Wildman–Crippen LogP) is 8.83. The zero-order valence-electron chi connectivity index (χ0n) is 24.8. The number of aromatic nitrogens is 1. The lowest BCUT2D eigenvalue weighted by Gasteiger charge is -2.29. The molecule has 1 aliphatic rings. The lowest BCUT2D eigenvalue weighted by Crippen LogP contribution is -2.36. The highest BCUT2D eigenvalue weighted by Crippen LogP contribution is 2.52. The summed E-state index contributed by atoms with van der Waals surface area (Å²) >= 11 is 4.42. The number of allylic oxidation sites excluding steroid dienone is 2. The second kappa shape index (κ2) is 13.8. The lowest BCUT2D eigenvalue weighted by atomic mass is 10.1. The summed E-state index contributed by atoms with van der Waals surface area (Å²) in [7, 11) is -4.07. The molecule has 0 saturated heterocycles.